The van der Waals surface area contributed by atoms with Gasteiger partial charge in [0, 0.05) is 17.1 Å². The zero-order valence-corrected chi connectivity index (χ0v) is 12.3. The lowest BCUT2D eigenvalue weighted by Gasteiger charge is -2.31. The number of rotatable bonds is 4. The van der Waals surface area contributed by atoms with Crippen LogP contribution in [0.1, 0.15) is 32.6 Å². The number of hydrogen-bond donors (Lipinski definition) is 2. The molecule has 5 nitrogen and oxygen atoms in total. The summed E-state index contributed by atoms with van der Waals surface area (Å²) in [6.45, 7) is 2.30. The fourth-order valence-corrected chi connectivity index (χ4v) is 3.08. The topological polar surface area (TPSA) is 67.0 Å². The molecule has 0 amide bonds. The molecule has 0 bridgehead atoms. The molecule has 21 heavy (non-hydrogen) atoms. The van der Waals surface area contributed by atoms with Gasteiger partial charge < -0.3 is 10.1 Å². The summed E-state index contributed by atoms with van der Waals surface area (Å²) in [5.74, 6) is -0.113. The maximum absolute atomic E-state index is 12.1. The fourth-order valence-electron chi connectivity index (χ4n) is 3.08. The van der Waals surface area contributed by atoms with Crippen molar-refractivity contribution in [2.75, 3.05) is 11.9 Å². The van der Waals surface area contributed by atoms with Crippen molar-refractivity contribution in [2.45, 2.75) is 38.6 Å². The molecule has 0 saturated heterocycles. The van der Waals surface area contributed by atoms with Gasteiger partial charge in [-0.2, -0.15) is 5.10 Å². The van der Waals surface area contributed by atoms with Crippen LogP contribution >= 0.6 is 0 Å². The molecule has 1 aliphatic rings. The third-order valence-corrected chi connectivity index (χ3v) is 4.15. The lowest BCUT2D eigenvalue weighted by molar-refractivity contribution is -0.149. The molecule has 1 fully saturated rings. The molecule has 1 aliphatic carbocycles. The van der Waals surface area contributed by atoms with E-state index in [0.29, 0.717) is 6.61 Å². The van der Waals surface area contributed by atoms with Crippen LogP contribution in [0.15, 0.2) is 24.4 Å². The number of ether oxygens (including phenoxy) is 1. The van der Waals surface area contributed by atoms with Crippen molar-refractivity contribution in [3.63, 3.8) is 0 Å². The summed E-state index contributed by atoms with van der Waals surface area (Å²) in [5.41, 5.74) is 2.05. The Balaban J connectivity index is 1.75. The standard InChI is InChI=1S/C16H21N3O2/c1-2-21-16(20)13-5-3-4-6-15(13)18-12-7-8-14-11(9-12)10-17-19-14/h7-10,13,15,18H,2-6H2,1H3,(H,17,19). The Morgan fingerprint density at radius 3 is 3.14 bits per heavy atom. The number of nitrogens with one attached hydrogen (secondary N) is 2. The highest BCUT2D eigenvalue weighted by molar-refractivity contribution is 5.82. The zero-order valence-electron chi connectivity index (χ0n) is 12.3. The number of aromatic amines is 1. The molecule has 1 aromatic heterocycles. The van der Waals surface area contributed by atoms with Crippen molar-refractivity contribution >= 4 is 22.6 Å². The van der Waals surface area contributed by atoms with Gasteiger partial charge >= 0.3 is 5.97 Å². The predicted octanol–water partition coefficient (Wildman–Crippen LogP) is 3.10. The Bertz CT molecular complexity index is 623. The molecule has 112 valence electrons. The van der Waals surface area contributed by atoms with E-state index in [0.717, 1.165) is 42.3 Å². The van der Waals surface area contributed by atoms with Crippen LogP contribution in [0.5, 0.6) is 0 Å². The number of benzene rings is 1. The molecule has 1 aromatic carbocycles. The molecule has 5 heteroatoms. The van der Waals surface area contributed by atoms with Gasteiger partial charge in [-0.05, 0) is 38.0 Å². The lowest BCUT2D eigenvalue weighted by atomic mass is 9.84. The maximum Gasteiger partial charge on any atom is 0.311 e. The molecular formula is C16H21N3O2. The smallest absolute Gasteiger partial charge is 0.311 e. The number of anilines is 1. The summed E-state index contributed by atoms with van der Waals surface area (Å²) >= 11 is 0. The first-order valence-corrected chi connectivity index (χ1v) is 7.64. The van der Waals surface area contributed by atoms with E-state index < -0.39 is 0 Å². The van der Waals surface area contributed by atoms with Gasteiger partial charge in [0.25, 0.3) is 0 Å². The van der Waals surface area contributed by atoms with Crippen LogP contribution in [0.25, 0.3) is 10.9 Å². The summed E-state index contributed by atoms with van der Waals surface area (Å²) in [6.07, 6.45) is 5.98. The number of carbonyl (C=O) groups excluding carboxylic acids is 1. The first kappa shape index (κ1) is 13.9. The molecule has 1 heterocycles. The van der Waals surface area contributed by atoms with E-state index >= 15 is 0 Å². The molecule has 2 atom stereocenters. The van der Waals surface area contributed by atoms with Crippen LogP contribution in [0, 0.1) is 5.92 Å². The van der Waals surface area contributed by atoms with Crippen LogP contribution < -0.4 is 5.32 Å². The van der Waals surface area contributed by atoms with E-state index in [2.05, 4.69) is 21.6 Å². The number of carbonyl (C=O) groups is 1. The van der Waals surface area contributed by atoms with Crippen molar-refractivity contribution < 1.29 is 9.53 Å². The molecular weight excluding hydrogens is 266 g/mol. The number of fused-ring (bicyclic) bond motifs is 1. The van der Waals surface area contributed by atoms with Crippen LogP contribution in [-0.2, 0) is 9.53 Å². The minimum absolute atomic E-state index is 0.0428. The number of aromatic nitrogens is 2. The van der Waals surface area contributed by atoms with E-state index in [9.17, 15) is 4.79 Å². The van der Waals surface area contributed by atoms with Crippen molar-refractivity contribution in [1.82, 2.24) is 10.2 Å². The minimum Gasteiger partial charge on any atom is -0.466 e. The second kappa shape index (κ2) is 6.16. The van der Waals surface area contributed by atoms with E-state index in [1.165, 1.54) is 0 Å². The number of hydrogen-bond acceptors (Lipinski definition) is 4. The average Bonchev–Trinajstić information content (AvgIpc) is 2.95. The van der Waals surface area contributed by atoms with E-state index in [1.807, 2.05) is 25.3 Å². The SMILES string of the molecule is CCOC(=O)C1CCCCC1Nc1ccc2[nH]ncc2c1. The summed E-state index contributed by atoms with van der Waals surface area (Å²) in [7, 11) is 0. The maximum atomic E-state index is 12.1. The summed E-state index contributed by atoms with van der Waals surface area (Å²) in [5, 5.41) is 11.6. The van der Waals surface area contributed by atoms with Crippen LogP contribution in [-0.4, -0.2) is 28.8 Å². The summed E-state index contributed by atoms with van der Waals surface area (Å²) in [4.78, 5) is 12.1. The largest absolute Gasteiger partial charge is 0.466 e. The van der Waals surface area contributed by atoms with Crippen molar-refractivity contribution in [1.29, 1.82) is 0 Å². The molecule has 0 radical (unpaired) electrons. The van der Waals surface area contributed by atoms with Gasteiger partial charge in [-0.15, -0.1) is 0 Å². The number of nitrogens with zero attached hydrogens (tertiary/aromatic N) is 1. The Morgan fingerprint density at radius 2 is 2.29 bits per heavy atom. The van der Waals surface area contributed by atoms with Crippen LogP contribution in [0.3, 0.4) is 0 Å². The normalized spacial score (nSPS) is 22.1. The van der Waals surface area contributed by atoms with E-state index in [4.69, 9.17) is 4.74 Å². The quantitative estimate of drug-likeness (QED) is 0.848. The predicted molar refractivity (Wildman–Crippen MR) is 82.1 cm³/mol. The summed E-state index contributed by atoms with van der Waals surface area (Å²) in [6, 6.07) is 6.25. The lowest BCUT2D eigenvalue weighted by Crippen LogP contribution is -2.38. The first-order chi connectivity index (χ1) is 10.3. The van der Waals surface area contributed by atoms with Gasteiger partial charge in [0.2, 0.25) is 0 Å². The van der Waals surface area contributed by atoms with Gasteiger partial charge in [0.05, 0.1) is 24.2 Å². The molecule has 2 aromatic rings. The molecule has 0 spiro atoms. The highest BCUT2D eigenvalue weighted by Crippen LogP contribution is 2.29. The summed E-state index contributed by atoms with van der Waals surface area (Å²) < 4.78 is 5.21. The Morgan fingerprint density at radius 1 is 1.43 bits per heavy atom. The molecule has 2 unspecified atom stereocenters. The average molecular weight is 287 g/mol. The zero-order chi connectivity index (χ0) is 14.7. The molecule has 1 saturated carbocycles. The highest BCUT2D eigenvalue weighted by atomic mass is 16.5. The third-order valence-electron chi connectivity index (χ3n) is 4.15. The number of H-pyrrole nitrogens is 1. The Labute approximate surface area is 124 Å². The Kier molecular flexibility index (Phi) is 4.08. The highest BCUT2D eigenvalue weighted by Gasteiger charge is 2.31. The van der Waals surface area contributed by atoms with Crippen molar-refractivity contribution in [3.8, 4) is 0 Å². The number of esters is 1. The van der Waals surface area contributed by atoms with Gasteiger partial charge in [-0.25, -0.2) is 0 Å². The second-order valence-corrected chi connectivity index (χ2v) is 5.57. The van der Waals surface area contributed by atoms with Gasteiger partial charge in [0.1, 0.15) is 0 Å². The van der Waals surface area contributed by atoms with E-state index in [1.54, 1.807) is 0 Å². The fraction of sp³-hybridized carbons (Fsp3) is 0.500. The van der Waals surface area contributed by atoms with Gasteiger partial charge in [-0.1, -0.05) is 12.8 Å². The third kappa shape index (κ3) is 3.01. The van der Waals surface area contributed by atoms with Crippen molar-refractivity contribution in [2.24, 2.45) is 5.92 Å². The minimum atomic E-state index is -0.0703. The molecule has 2 N–H and O–H groups in total. The van der Waals surface area contributed by atoms with Gasteiger partial charge in [0.15, 0.2) is 0 Å². The van der Waals surface area contributed by atoms with Crippen LogP contribution in [0.4, 0.5) is 5.69 Å². The van der Waals surface area contributed by atoms with Crippen LogP contribution in [0.2, 0.25) is 0 Å². The molecule has 0 aliphatic heterocycles. The Hall–Kier alpha value is -2.04. The second-order valence-electron chi connectivity index (χ2n) is 5.57. The molecule has 3 rings (SSSR count). The van der Waals surface area contributed by atoms with E-state index in [-0.39, 0.29) is 17.9 Å². The monoisotopic (exact) mass is 287 g/mol. The first-order valence-electron chi connectivity index (χ1n) is 7.64. The van der Waals surface area contributed by atoms with Crippen molar-refractivity contribution in [3.05, 3.63) is 24.4 Å². The van der Waals surface area contributed by atoms with Gasteiger partial charge in [-0.3, -0.25) is 9.89 Å².